The first-order chi connectivity index (χ1) is 10.1. The Morgan fingerprint density at radius 3 is 2.81 bits per heavy atom. The van der Waals surface area contributed by atoms with Crippen molar-refractivity contribution in [3.05, 3.63) is 46.4 Å². The van der Waals surface area contributed by atoms with E-state index in [1.165, 1.54) is 16.8 Å². The van der Waals surface area contributed by atoms with Gasteiger partial charge in [-0.2, -0.15) is 0 Å². The van der Waals surface area contributed by atoms with Crippen molar-refractivity contribution in [3.63, 3.8) is 0 Å². The van der Waals surface area contributed by atoms with Gasteiger partial charge in [-0.25, -0.2) is 9.97 Å². The molecule has 2 heterocycles. The van der Waals surface area contributed by atoms with Gasteiger partial charge in [0.2, 0.25) is 0 Å². The molecule has 110 valence electrons. The van der Waals surface area contributed by atoms with E-state index in [1.54, 1.807) is 6.33 Å². The monoisotopic (exact) mass is 301 g/mol. The fourth-order valence-electron chi connectivity index (χ4n) is 3.02. The van der Waals surface area contributed by atoms with Gasteiger partial charge in [-0.1, -0.05) is 43.1 Å². The maximum absolute atomic E-state index is 6.32. The van der Waals surface area contributed by atoms with E-state index in [9.17, 15) is 0 Å². The van der Waals surface area contributed by atoms with E-state index < -0.39 is 0 Å². The third kappa shape index (κ3) is 2.62. The molecule has 0 bridgehead atoms. The first-order valence-electron chi connectivity index (χ1n) is 7.45. The molecule has 0 spiro atoms. The molecule has 0 saturated carbocycles. The zero-order valence-electron chi connectivity index (χ0n) is 12.7. The minimum atomic E-state index is 0.296. The van der Waals surface area contributed by atoms with E-state index >= 15 is 0 Å². The minimum Gasteiger partial charge on any atom is -0.326 e. The van der Waals surface area contributed by atoms with Crippen LogP contribution in [-0.4, -0.2) is 16.5 Å². The molecule has 1 aromatic carbocycles. The summed E-state index contributed by atoms with van der Waals surface area (Å²) in [5, 5.41) is 0.564. The van der Waals surface area contributed by atoms with Gasteiger partial charge in [-0.3, -0.25) is 0 Å². The molecule has 0 atom stereocenters. The van der Waals surface area contributed by atoms with Gasteiger partial charge in [0.15, 0.2) is 0 Å². The quantitative estimate of drug-likeness (QED) is 0.756. The normalized spacial score (nSPS) is 14.4. The molecule has 2 aromatic rings. The minimum absolute atomic E-state index is 0.296. The Kier molecular flexibility index (Phi) is 3.85. The third-order valence-corrected chi connectivity index (χ3v) is 4.30. The summed E-state index contributed by atoms with van der Waals surface area (Å²) in [5.41, 5.74) is 4.99. The van der Waals surface area contributed by atoms with Crippen molar-refractivity contribution in [2.24, 2.45) is 0 Å². The van der Waals surface area contributed by atoms with Crippen LogP contribution in [-0.2, 0) is 6.42 Å². The van der Waals surface area contributed by atoms with Crippen molar-refractivity contribution in [1.29, 1.82) is 0 Å². The average molecular weight is 302 g/mol. The van der Waals surface area contributed by atoms with Crippen LogP contribution >= 0.6 is 11.6 Å². The number of benzene rings is 1. The fraction of sp³-hybridized carbons (Fsp3) is 0.412. The Morgan fingerprint density at radius 1 is 1.24 bits per heavy atom. The SMILES string of the molecule is Cc1ccc2c(c1)CCCN2c1ncnc(Cl)c1C(C)C. The summed E-state index contributed by atoms with van der Waals surface area (Å²) in [5.74, 6) is 1.25. The smallest absolute Gasteiger partial charge is 0.141 e. The van der Waals surface area contributed by atoms with Gasteiger partial charge < -0.3 is 4.90 Å². The molecule has 0 aliphatic carbocycles. The number of hydrogen-bond acceptors (Lipinski definition) is 3. The van der Waals surface area contributed by atoms with Crippen LogP contribution in [0.15, 0.2) is 24.5 Å². The van der Waals surface area contributed by atoms with Crippen molar-refractivity contribution in [2.75, 3.05) is 11.4 Å². The van der Waals surface area contributed by atoms with Gasteiger partial charge in [-0.05, 0) is 37.3 Å². The van der Waals surface area contributed by atoms with Crippen molar-refractivity contribution >= 4 is 23.1 Å². The van der Waals surface area contributed by atoms with Gasteiger partial charge in [0.05, 0.1) is 0 Å². The second-order valence-electron chi connectivity index (χ2n) is 5.94. The highest BCUT2D eigenvalue weighted by atomic mass is 35.5. The van der Waals surface area contributed by atoms with Crippen LogP contribution in [0.5, 0.6) is 0 Å². The molecule has 1 aromatic heterocycles. The lowest BCUT2D eigenvalue weighted by atomic mass is 9.98. The Balaban J connectivity index is 2.13. The lowest BCUT2D eigenvalue weighted by molar-refractivity contribution is 0.743. The largest absolute Gasteiger partial charge is 0.326 e. The first-order valence-corrected chi connectivity index (χ1v) is 7.83. The number of halogens is 1. The van der Waals surface area contributed by atoms with Crippen LogP contribution in [0.3, 0.4) is 0 Å². The second-order valence-corrected chi connectivity index (χ2v) is 6.30. The van der Waals surface area contributed by atoms with Crippen LogP contribution in [0.25, 0.3) is 0 Å². The van der Waals surface area contributed by atoms with E-state index in [0.29, 0.717) is 11.1 Å². The molecule has 1 aliphatic heterocycles. The Bertz CT molecular complexity index is 667. The molecule has 0 amide bonds. The fourth-order valence-corrected chi connectivity index (χ4v) is 3.37. The van der Waals surface area contributed by atoms with E-state index in [2.05, 4.69) is 53.8 Å². The topological polar surface area (TPSA) is 29.0 Å². The van der Waals surface area contributed by atoms with E-state index in [4.69, 9.17) is 11.6 Å². The molecular formula is C17H20ClN3. The number of hydrogen-bond donors (Lipinski definition) is 0. The van der Waals surface area contributed by atoms with Crippen LogP contribution in [0.2, 0.25) is 5.15 Å². The molecule has 0 N–H and O–H groups in total. The van der Waals surface area contributed by atoms with Crippen LogP contribution in [0.4, 0.5) is 11.5 Å². The third-order valence-electron chi connectivity index (χ3n) is 4.00. The first kappa shape index (κ1) is 14.3. The van der Waals surface area contributed by atoms with Gasteiger partial charge >= 0.3 is 0 Å². The van der Waals surface area contributed by atoms with Crippen molar-refractivity contribution in [3.8, 4) is 0 Å². The number of aromatic nitrogens is 2. The number of nitrogens with zero attached hydrogens (tertiary/aromatic N) is 3. The average Bonchev–Trinajstić information content (AvgIpc) is 2.45. The van der Waals surface area contributed by atoms with E-state index in [-0.39, 0.29) is 0 Å². The van der Waals surface area contributed by atoms with Crippen molar-refractivity contribution < 1.29 is 0 Å². The van der Waals surface area contributed by atoms with Crippen LogP contribution in [0.1, 0.15) is 42.9 Å². The van der Waals surface area contributed by atoms with Crippen LogP contribution in [0, 0.1) is 6.92 Å². The highest BCUT2D eigenvalue weighted by Crippen LogP contribution is 2.38. The zero-order valence-corrected chi connectivity index (χ0v) is 13.5. The van der Waals surface area contributed by atoms with Gasteiger partial charge in [0.25, 0.3) is 0 Å². The summed E-state index contributed by atoms with van der Waals surface area (Å²) in [6.45, 7) is 7.38. The summed E-state index contributed by atoms with van der Waals surface area (Å²) < 4.78 is 0. The van der Waals surface area contributed by atoms with E-state index in [1.807, 2.05) is 0 Å². The predicted octanol–water partition coefficient (Wildman–Crippen LogP) is 4.65. The molecule has 0 radical (unpaired) electrons. The lowest BCUT2D eigenvalue weighted by Gasteiger charge is -2.32. The van der Waals surface area contributed by atoms with Gasteiger partial charge in [0.1, 0.15) is 17.3 Å². The Labute approximate surface area is 131 Å². The zero-order chi connectivity index (χ0) is 15.0. The number of anilines is 2. The highest BCUT2D eigenvalue weighted by Gasteiger charge is 2.24. The molecule has 1 aliphatic rings. The molecule has 0 fully saturated rings. The summed E-state index contributed by atoms with van der Waals surface area (Å²) in [7, 11) is 0. The summed E-state index contributed by atoms with van der Waals surface area (Å²) in [4.78, 5) is 11.0. The molecule has 0 unspecified atom stereocenters. The summed E-state index contributed by atoms with van der Waals surface area (Å²) >= 11 is 6.32. The summed E-state index contributed by atoms with van der Waals surface area (Å²) in [6.07, 6.45) is 3.82. The molecular weight excluding hydrogens is 282 g/mol. The maximum atomic E-state index is 6.32. The molecule has 3 nitrogen and oxygen atoms in total. The molecule has 21 heavy (non-hydrogen) atoms. The van der Waals surface area contributed by atoms with E-state index in [0.717, 1.165) is 30.8 Å². The Morgan fingerprint density at radius 2 is 2.05 bits per heavy atom. The van der Waals surface area contributed by atoms with Crippen LogP contribution < -0.4 is 4.90 Å². The van der Waals surface area contributed by atoms with Crippen molar-refractivity contribution in [1.82, 2.24) is 9.97 Å². The number of rotatable bonds is 2. The van der Waals surface area contributed by atoms with Gasteiger partial charge in [0, 0.05) is 17.8 Å². The predicted molar refractivity (Wildman–Crippen MR) is 87.6 cm³/mol. The molecule has 4 heteroatoms. The number of aryl methyl sites for hydroxylation is 2. The lowest BCUT2D eigenvalue weighted by Crippen LogP contribution is -2.27. The maximum Gasteiger partial charge on any atom is 0.141 e. The standard InChI is InChI=1S/C17H20ClN3/c1-11(2)15-16(18)19-10-20-17(15)21-8-4-5-13-9-12(3)6-7-14(13)21/h6-7,9-11H,4-5,8H2,1-3H3. The number of fused-ring (bicyclic) bond motifs is 1. The molecule has 3 rings (SSSR count). The van der Waals surface area contributed by atoms with Gasteiger partial charge in [-0.15, -0.1) is 0 Å². The second kappa shape index (κ2) is 5.64. The highest BCUT2D eigenvalue weighted by molar-refractivity contribution is 6.30. The Hall–Kier alpha value is -1.61. The van der Waals surface area contributed by atoms with Crippen molar-refractivity contribution in [2.45, 2.75) is 39.5 Å². The summed E-state index contributed by atoms with van der Waals surface area (Å²) in [6, 6.07) is 6.64. The molecule has 0 saturated heterocycles.